The van der Waals surface area contributed by atoms with Crippen molar-refractivity contribution in [1.82, 2.24) is 0 Å². The molecule has 0 bridgehead atoms. The Balaban J connectivity index is 0.000000215. The number of benzene rings is 2. The molecule has 6 nitrogen and oxygen atoms in total. The van der Waals surface area contributed by atoms with Gasteiger partial charge in [0.2, 0.25) is 0 Å². The molecule has 2 aliphatic rings. The Labute approximate surface area is 192 Å². The molecule has 0 spiro atoms. The predicted octanol–water partition coefficient (Wildman–Crippen LogP) is 0.348. The van der Waals surface area contributed by atoms with Crippen molar-refractivity contribution >= 4 is 11.9 Å². The highest BCUT2D eigenvalue weighted by molar-refractivity contribution is 5.85. The molecule has 2 fully saturated rings. The van der Waals surface area contributed by atoms with Crippen LogP contribution in [-0.2, 0) is 0 Å². The molecule has 2 heterocycles. The first kappa shape index (κ1) is 27.3. The minimum Gasteiger partial charge on any atom is -0.545 e. The van der Waals surface area contributed by atoms with Crippen LogP contribution < -0.4 is 20.8 Å². The van der Waals surface area contributed by atoms with Crippen LogP contribution in [0.3, 0.4) is 0 Å². The summed E-state index contributed by atoms with van der Waals surface area (Å²) in [6.07, 6.45) is 11.7. The van der Waals surface area contributed by atoms with Gasteiger partial charge in [-0.2, -0.15) is 0 Å². The lowest BCUT2D eigenvalue weighted by Gasteiger charge is -1.97. The van der Waals surface area contributed by atoms with Crippen LogP contribution >= 0.6 is 0 Å². The molecule has 2 aromatic rings. The summed E-state index contributed by atoms with van der Waals surface area (Å²) in [6, 6.07) is 16.1. The summed E-state index contributed by atoms with van der Waals surface area (Å²) in [5.41, 5.74) is 0.440. The second kappa shape index (κ2) is 19.0. The molecule has 0 saturated carbocycles. The van der Waals surface area contributed by atoms with E-state index in [2.05, 4.69) is 10.6 Å². The Hall–Kier alpha value is -2.70. The zero-order valence-electron chi connectivity index (χ0n) is 19.0. The average molecular weight is 443 g/mol. The van der Waals surface area contributed by atoms with Crippen LogP contribution in [0.4, 0.5) is 0 Å². The Morgan fingerprint density at radius 2 is 0.781 bits per heavy atom. The van der Waals surface area contributed by atoms with Crippen LogP contribution in [0.2, 0.25) is 0 Å². The number of carbonyl (C=O) groups is 2. The van der Waals surface area contributed by atoms with Gasteiger partial charge in [-0.3, -0.25) is 0 Å². The van der Waals surface area contributed by atoms with E-state index in [0.717, 1.165) is 0 Å². The van der Waals surface area contributed by atoms with Gasteiger partial charge in [-0.25, -0.2) is 0 Å². The molecule has 2 aliphatic heterocycles. The van der Waals surface area contributed by atoms with Crippen molar-refractivity contribution in [2.75, 3.05) is 26.2 Å². The van der Waals surface area contributed by atoms with Gasteiger partial charge < -0.3 is 30.4 Å². The summed E-state index contributed by atoms with van der Waals surface area (Å²) in [5.74, 6) is -2.26. The molecule has 0 aliphatic carbocycles. The first-order chi connectivity index (χ1) is 15.6. The normalized spacial score (nSPS) is 15.5. The second-order valence-electron chi connectivity index (χ2n) is 7.87. The molecule has 0 unspecified atom stereocenters. The van der Waals surface area contributed by atoms with E-state index < -0.39 is 11.9 Å². The highest BCUT2D eigenvalue weighted by Crippen LogP contribution is 1.98. The maximum Gasteiger partial charge on any atom is 0.0755 e. The molecule has 2 aromatic carbocycles. The maximum atomic E-state index is 10.1. The summed E-state index contributed by atoms with van der Waals surface area (Å²) in [5, 5.41) is 25.0. The molecule has 0 atom stereocenters. The molecule has 176 valence electrons. The SMILES string of the molecule is C1CCC[NH2+]CC1.C1CCC[NH2+]CC1.O=C([O-])c1ccccc1.O=C([O-])c1ccccc1. The molecule has 0 aromatic heterocycles. The van der Waals surface area contributed by atoms with Crippen molar-refractivity contribution in [1.29, 1.82) is 0 Å². The Morgan fingerprint density at radius 1 is 0.500 bits per heavy atom. The first-order valence-electron chi connectivity index (χ1n) is 11.8. The van der Waals surface area contributed by atoms with Crippen molar-refractivity contribution < 1.29 is 30.4 Å². The monoisotopic (exact) mass is 442 g/mol. The van der Waals surface area contributed by atoms with Crippen molar-refractivity contribution in [3.8, 4) is 0 Å². The summed E-state index contributed by atoms with van der Waals surface area (Å²) in [7, 11) is 0. The third-order valence-electron chi connectivity index (χ3n) is 5.15. The van der Waals surface area contributed by atoms with Crippen molar-refractivity contribution in [3.63, 3.8) is 0 Å². The zero-order chi connectivity index (χ0) is 23.3. The van der Waals surface area contributed by atoms with E-state index >= 15 is 0 Å². The summed E-state index contributed by atoms with van der Waals surface area (Å²) >= 11 is 0. The Morgan fingerprint density at radius 3 is 1.00 bits per heavy atom. The second-order valence-corrected chi connectivity index (χ2v) is 7.87. The van der Waals surface area contributed by atoms with E-state index in [-0.39, 0.29) is 11.1 Å². The number of aromatic carboxylic acids is 2. The van der Waals surface area contributed by atoms with Crippen LogP contribution in [0.25, 0.3) is 0 Å². The van der Waals surface area contributed by atoms with Crippen molar-refractivity contribution in [2.24, 2.45) is 0 Å². The van der Waals surface area contributed by atoms with Gasteiger partial charge in [-0.15, -0.1) is 0 Å². The van der Waals surface area contributed by atoms with Gasteiger partial charge >= 0.3 is 0 Å². The number of nitrogens with two attached hydrogens (primary N) is 2. The topological polar surface area (TPSA) is 113 Å². The number of carboxylic acids is 2. The van der Waals surface area contributed by atoms with Crippen LogP contribution in [0.1, 0.15) is 72.1 Å². The highest BCUT2D eigenvalue weighted by Gasteiger charge is 1.98. The first-order valence-corrected chi connectivity index (χ1v) is 11.8. The van der Waals surface area contributed by atoms with E-state index in [0.29, 0.717) is 0 Å². The van der Waals surface area contributed by atoms with Crippen molar-refractivity contribution in [3.05, 3.63) is 71.8 Å². The number of carbonyl (C=O) groups excluding carboxylic acids is 2. The molecular formula is C26H38N2O4. The largest absolute Gasteiger partial charge is 0.545 e. The van der Waals surface area contributed by atoms with E-state index in [1.54, 1.807) is 36.4 Å². The molecule has 4 rings (SSSR count). The van der Waals surface area contributed by atoms with Gasteiger partial charge in [-0.05, 0) is 62.5 Å². The van der Waals surface area contributed by atoms with Crippen LogP contribution in [0, 0.1) is 0 Å². The highest BCUT2D eigenvalue weighted by atomic mass is 16.4. The lowest BCUT2D eigenvalue weighted by molar-refractivity contribution is -0.653. The molecule has 0 radical (unpaired) electrons. The van der Waals surface area contributed by atoms with E-state index in [1.165, 1.54) is 102 Å². The number of rotatable bonds is 2. The average Bonchev–Trinajstić information content (AvgIpc) is 3.32. The lowest BCUT2D eigenvalue weighted by atomic mass is 10.2. The quantitative estimate of drug-likeness (QED) is 0.698. The molecule has 2 saturated heterocycles. The van der Waals surface area contributed by atoms with Gasteiger partial charge in [0.15, 0.2) is 0 Å². The van der Waals surface area contributed by atoms with E-state index in [4.69, 9.17) is 0 Å². The Bertz CT molecular complexity index is 620. The van der Waals surface area contributed by atoms with E-state index in [1.807, 2.05) is 0 Å². The maximum absolute atomic E-state index is 10.1. The van der Waals surface area contributed by atoms with Gasteiger partial charge in [0.1, 0.15) is 0 Å². The zero-order valence-corrected chi connectivity index (χ0v) is 19.0. The molecular weight excluding hydrogens is 404 g/mol. The fourth-order valence-corrected chi connectivity index (χ4v) is 3.30. The van der Waals surface area contributed by atoms with Crippen molar-refractivity contribution in [2.45, 2.75) is 51.4 Å². The number of quaternary nitrogens is 2. The fourth-order valence-electron chi connectivity index (χ4n) is 3.30. The van der Waals surface area contributed by atoms with Crippen LogP contribution in [0.5, 0.6) is 0 Å². The van der Waals surface area contributed by atoms with Gasteiger partial charge in [0, 0.05) is 0 Å². The molecule has 32 heavy (non-hydrogen) atoms. The van der Waals surface area contributed by atoms with Crippen LogP contribution in [0.15, 0.2) is 60.7 Å². The predicted molar refractivity (Wildman–Crippen MR) is 122 cm³/mol. The number of hydrogen-bond donors (Lipinski definition) is 2. The molecule has 6 heteroatoms. The van der Waals surface area contributed by atoms with Gasteiger partial charge in [-0.1, -0.05) is 60.7 Å². The minimum absolute atomic E-state index is 0.220. The summed E-state index contributed by atoms with van der Waals surface area (Å²) < 4.78 is 0. The van der Waals surface area contributed by atoms with E-state index in [9.17, 15) is 19.8 Å². The summed E-state index contributed by atoms with van der Waals surface area (Å²) in [6.45, 7) is 5.50. The smallest absolute Gasteiger partial charge is 0.0755 e. The third kappa shape index (κ3) is 15.2. The van der Waals surface area contributed by atoms with Gasteiger partial charge in [0.05, 0.1) is 38.1 Å². The van der Waals surface area contributed by atoms with Crippen LogP contribution in [-0.4, -0.2) is 38.1 Å². The molecule has 4 N–H and O–H groups in total. The number of carboxylic acid groups (broad SMARTS) is 2. The molecule has 0 amide bonds. The minimum atomic E-state index is -1.13. The third-order valence-corrected chi connectivity index (χ3v) is 5.15. The number of hydrogen-bond acceptors (Lipinski definition) is 4. The summed E-state index contributed by atoms with van der Waals surface area (Å²) in [4.78, 5) is 20.2. The lowest BCUT2D eigenvalue weighted by Crippen LogP contribution is -2.83. The fraction of sp³-hybridized carbons (Fsp3) is 0.462. The standard InChI is InChI=1S/2C7H6O2.2C6H13N/c2*8-7(9)6-4-2-1-3-5-6;2*1-2-4-6-7-5-3-1/h2*1-5H,(H,8,9);2*7H,1-6H2. The van der Waals surface area contributed by atoms with Gasteiger partial charge in [0.25, 0.3) is 0 Å². The Kier molecular flexibility index (Phi) is 16.2.